The van der Waals surface area contributed by atoms with Crippen LogP contribution in [0.5, 0.6) is 0 Å². The Kier molecular flexibility index (Phi) is 6.18. The van der Waals surface area contributed by atoms with Crippen molar-refractivity contribution in [2.45, 2.75) is 18.5 Å². The molecule has 1 atom stereocenters. The predicted octanol–water partition coefficient (Wildman–Crippen LogP) is 0.624. The first-order valence-corrected chi connectivity index (χ1v) is 4.20. The van der Waals surface area contributed by atoms with Crippen LogP contribution in [0.2, 0.25) is 0 Å². The van der Waals surface area contributed by atoms with E-state index in [1.807, 2.05) is 0 Å². The molecule has 0 amide bonds. The van der Waals surface area contributed by atoms with Crippen LogP contribution >= 0.6 is 0 Å². The molecular weight excluding hydrogens is 188 g/mol. The molecule has 0 aliphatic heterocycles. The van der Waals surface area contributed by atoms with Crippen LogP contribution < -0.4 is 0 Å². The van der Waals surface area contributed by atoms with E-state index in [1.54, 1.807) is 13.2 Å². The van der Waals surface area contributed by atoms with Gasteiger partial charge >= 0.3 is 5.97 Å². The first kappa shape index (κ1) is 12.8. The quantitative estimate of drug-likeness (QED) is 0.345. The Labute approximate surface area is 82.4 Å². The average molecular weight is 203 g/mol. The van der Waals surface area contributed by atoms with Crippen LogP contribution in [-0.2, 0) is 18.6 Å². The molecule has 5 heteroatoms. The molecule has 0 heterocycles. The monoisotopic (exact) mass is 203 g/mol. The molecule has 0 saturated heterocycles. The Balaban J connectivity index is 4.54. The van der Waals surface area contributed by atoms with Gasteiger partial charge in [-0.1, -0.05) is 6.08 Å². The minimum Gasteiger partial charge on any atom is -0.373 e. The van der Waals surface area contributed by atoms with Gasteiger partial charge in [0.2, 0.25) is 0 Å². The zero-order valence-electron chi connectivity index (χ0n) is 8.20. The molecular formula is C8H15O4Si. The molecule has 0 aromatic heterocycles. The highest BCUT2D eigenvalue weighted by Crippen LogP contribution is 2.22. The van der Waals surface area contributed by atoms with Crippen molar-refractivity contribution < 1.29 is 18.6 Å². The minimum absolute atomic E-state index is 0.377. The molecule has 4 nitrogen and oxygen atoms in total. The van der Waals surface area contributed by atoms with E-state index in [2.05, 4.69) is 17.1 Å². The summed E-state index contributed by atoms with van der Waals surface area (Å²) in [6.07, 6.45) is 1.88. The van der Waals surface area contributed by atoms with Crippen molar-refractivity contribution >= 4 is 10.5 Å². The van der Waals surface area contributed by atoms with E-state index in [9.17, 15) is 0 Å². The third-order valence-electron chi connectivity index (χ3n) is 1.77. The summed E-state index contributed by atoms with van der Waals surface area (Å²) in [4.78, 5) is 0. The van der Waals surface area contributed by atoms with Crippen LogP contribution in [0, 0.1) is 0 Å². The average Bonchev–Trinajstić information content (AvgIpc) is 2.19. The van der Waals surface area contributed by atoms with Gasteiger partial charge in [0.1, 0.15) is 6.10 Å². The Morgan fingerprint density at radius 1 is 1.38 bits per heavy atom. The van der Waals surface area contributed by atoms with Crippen molar-refractivity contribution in [1.82, 2.24) is 0 Å². The minimum atomic E-state index is -1.24. The van der Waals surface area contributed by atoms with Crippen molar-refractivity contribution in [3.63, 3.8) is 0 Å². The number of methoxy groups -OCH3 is 3. The van der Waals surface area contributed by atoms with Crippen LogP contribution in [-0.4, -0.2) is 43.9 Å². The molecule has 0 N–H and O–H groups in total. The van der Waals surface area contributed by atoms with Crippen molar-refractivity contribution in [3.05, 3.63) is 12.7 Å². The molecule has 0 aliphatic carbocycles. The van der Waals surface area contributed by atoms with Gasteiger partial charge < -0.3 is 18.6 Å². The second kappa shape index (κ2) is 6.28. The maximum atomic E-state index is 5.15. The summed E-state index contributed by atoms with van der Waals surface area (Å²) < 4.78 is 20.2. The molecule has 13 heavy (non-hydrogen) atoms. The summed E-state index contributed by atoms with van der Waals surface area (Å²) in [7, 11) is 7.38. The fourth-order valence-corrected chi connectivity index (χ4v) is 1.33. The maximum Gasteiger partial charge on any atom is 0.300 e. The number of rotatable bonds is 7. The Morgan fingerprint density at radius 2 is 1.92 bits per heavy atom. The maximum absolute atomic E-state index is 5.15. The molecule has 0 spiro atoms. The summed E-state index contributed by atoms with van der Waals surface area (Å²) in [5.74, 6) is -1.24. The predicted molar refractivity (Wildman–Crippen MR) is 49.2 cm³/mol. The van der Waals surface area contributed by atoms with Gasteiger partial charge in [0.25, 0.3) is 10.5 Å². The summed E-state index contributed by atoms with van der Waals surface area (Å²) >= 11 is 0. The first-order chi connectivity index (χ1) is 6.20. The normalized spacial score (nSPS) is 14.2. The second-order valence-electron chi connectivity index (χ2n) is 2.36. The summed E-state index contributed by atoms with van der Waals surface area (Å²) in [6.45, 7) is 3.60. The topological polar surface area (TPSA) is 36.9 Å². The summed E-state index contributed by atoms with van der Waals surface area (Å²) in [6, 6.07) is 0. The second-order valence-corrected chi connectivity index (χ2v) is 2.57. The van der Waals surface area contributed by atoms with E-state index in [0.29, 0.717) is 6.42 Å². The molecule has 3 radical (unpaired) electrons. The first-order valence-electron chi connectivity index (χ1n) is 3.79. The van der Waals surface area contributed by atoms with Crippen molar-refractivity contribution in [2.24, 2.45) is 0 Å². The zero-order chi connectivity index (χ0) is 10.3. The molecule has 0 aromatic carbocycles. The van der Waals surface area contributed by atoms with Gasteiger partial charge in [0, 0.05) is 21.3 Å². The van der Waals surface area contributed by atoms with E-state index in [0.717, 1.165) is 0 Å². The van der Waals surface area contributed by atoms with E-state index >= 15 is 0 Å². The molecule has 0 saturated carbocycles. The van der Waals surface area contributed by atoms with Crippen LogP contribution in [0.1, 0.15) is 6.42 Å². The molecule has 0 aliphatic rings. The van der Waals surface area contributed by atoms with Gasteiger partial charge in [0.15, 0.2) is 0 Å². The Hall–Kier alpha value is -0.203. The highest BCUT2D eigenvalue weighted by molar-refractivity contribution is 5.98. The number of hydrogen-bond acceptors (Lipinski definition) is 4. The van der Waals surface area contributed by atoms with Crippen molar-refractivity contribution in [1.29, 1.82) is 0 Å². The summed E-state index contributed by atoms with van der Waals surface area (Å²) in [5, 5.41) is 0. The fourth-order valence-electron chi connectivity index (χ4n) is 1.03. The molecule has 0 fully saturated rings. The van der Waals surface area contributed by atoms with Crippen LogP contribution in [0.3, 0.4) is 0 Å². The molecule has 0 rings (SSSR count). The third kappa shape index (κ3) is 2.89. The lowest BCUT2D eigenvalue weighted by Crippen LogP contribution is -2.48. The van der Waals surface area contributed by atoms with Gasteiger partial charge in [-0.15, -0.1) is 6.58 Å². The van der Waals surface area contributed by atoms with Crippen LogP contribution in [0.4, 0.5) is 0 Å². The van der Waals surface area contributed by atoms with E-state index in [4.69, 9.17) is 18.6 Å². The largest absolute Gasteiger partial charge is 0.373 e. The highest BCUT2D eigenvalue weighted by atomic mass is 28.2. The van der Waals surface area contributed by atoms with Crippen LogP contribution in [0.25, 0.3) is 0 Å². The Bertz CT molecular complexity index is 139. The number of ether oxygens (including phenoxy) is 3. The lowest BCUT2D eigenvalue weighted by molar-refractivity contribution is -0.364. The lowest BCUT2D eigenvalue weighted by atomic mass is 10.2. The van der Waals surface area contributed by atoms with Crippen molar-refractivity contribution in [2.75, 3.05) is 21.3 Å². The molecule has 0 bridgehead atoms. The van der Waals surface area contributed by atoms with Gasteiger partial charge in [-0.3, -0.25) is 0 Å². The van der Waals surface area contributed by atoms with Gasteiger partial charge in [-0.2, -0.15) is 0 Å². The van der Waals surface area contributed by atoms with Crippen molar-refractivity contribution in [3.8, 4) is 0 Å². The van der Waals surface area contributed by atoms with Gasteiger partial charge in [-0.25, -0.2) is 0 Å². The van der Waals surface area contributed by atoms with E-state index in [-0.39, 0.29) is 6.10 Å². The van der Waals surface area contributed by atoms with Crippen LogP contribution in [0.15, 0.2) is 12.7 Å². The van der Waals surface area contributed by atoms with Gasteiger partial charge in [0.05, 0.1) is 0 Å². The molecule has 1 unspecified atom stereocenters. The van der Waals surface area contributed by atoms with Gasteiger partial charge in [-0.05, 0) is 6.42 Å². The lowest BCUT2D eigenvalue weighted by Gasteiger charge is -2.34. The smallest absolute Gasteiger partial charge is 0.300 e. The Morgan fingerprint density at radius 3 is 2.15 bits per heavy atom. The summed E-state index contributed by atoms with van der Waals surface area (Å²) in [5.41, 5.74) is 0. The zero-order valence-corrected chi connectivity index (χ0v) is 9.20. The standard InChI is InChI=1S/C8H15O4Si/c1-5-6-7(9-2)8(10-3,11-4)12-13/h5,7H,1,6H2,2-4H3. The fraction of sp³-hybridized carbons (Fsp3) is 0.750. The van der Waals surface area contributed by atoms with E-state index in [1.165, 1.54) is 14.2 Å². The molecule has 75 valence electrons. The van der Waals surface area contributed by atoms with E-state index < -0.39 is 5.97 Å². The highest BCUT2D eigenvalue weighted by Gasteiger charge is 2.39. The third-order valence-corrected chi connectivity index (χ3v) is 2.06. The SMILES string of the molecule is C=CCC(OC)C(OC)(OC)O[Si]. The molecule has 0 aromatic rings. The number of hydrogen-bond donors (Lipinski definition) is 0.